The highest BCUT2D eigenvalue weighted by molar-refractivity contribution is 7.13. The second-order valence-electron chi connectivity index (χ2n) is 4.16. The molecule has 2 heterocycles. The molecule has 0 amide bonds. The van der Waals surface area contributed by atoms with Crippen molar-refractivity contribution in [3.63, 3.8) is 0 Å². The van der Waals surface area contributed by atoms with Gasteiger partial charge in [0.2, 0.25) is 5.13 Å². The third-order valence-corrected chi connectivity index (χ3v) is 3.49. The van der Waals surface area contributed by atoms with E-state index < -0.39 is 0 Å². The van der Waals surface area contributed by atoms with E-state index in [1.807, 2.05) is 0 Å². The Labute approximate surface area is 88.1 Å². The van der Waals surface area contributed by atoms with Crippen LogP contribution in [0.4, 0.5) is 5.13 Å². The van der Waals surface area contributed by atoms with Gasteiger partial charge in [0, 0.05) is 6.54 Å². The summed E-state index contributed by atoms with van der Waals surface area (Å²) in [6.07, 6.45) is 2.47. The summed E-state index contributed by atoms with van der Waals surface area (Å²) in [4.78, 5) is 0. The molecule has 5 heteroatoms. The third-order valence-electron chi connectivity index (χ3n) is 2.84. The summed E-state index contributed by atoms with van der Waals surface area (Å²) in [5.74, 6) is 0. The minimum Gasteiger partial charge on any atom is -0.360 e. The largest absolute Gasteiger partial charge is 0.360 e. The second-order valence-corrected chi connectivity index (χ2v) is 4.99. The Kier molecular flexibility index (Phi) is 2.98. The Morgan fingerprint density at radius 2 is 2.36 bits per heavy atom. The highest BCUT2D eigenvalue weighted by atomic mass is 32.1. The minimum atomic E-state index is 0.414. The first-order valence-corrected chi connectivity index (χ1v) is 5.87. The fraction of sp³-hybridized carbons (Fsp3) is 0.778. The molecule has 0 aromatic carbocycles. The zero-order valence-electron chi connectivity index (χ0n) is 8.42. The van der Waals surface area contributed by atoms with Crippen molar-refractivity contribution in [1.29, 1.82) is 0 Å². The molecule has 1 fully saturated rings. The molecule has 0 saturated carbocycles. The van der Waals surface area contributed by atoms with Crippen LogP contribution in [0, 0.1) is 5.41 Å². The van der Waals surface area contributed by atoms with Crippen LogP contribution in [-0.2, 0) is 0 Å². The van der Waals surface area contributed by atoms with Crippen LogP contribution in [0.1, 0.15) is 19.8 Å². The van der Waals surface area contributed by atoms with Crippen LogP contribution in [0.25, 0.3) is 0 Å². The van der Waals surface area contributed by atoms with Crippen molar-refractivity contribution in [1.82, 2.24) is 15.5 Å². The SMILES string of the molecule is CC1(CNc2nncs2)CCNCC1. The molecule has 78 valence electrons. The lowest BCUT2D eigenvalue weighted by atomic mass is 9.81. The van der Waals surface area contributed by atoms with Crippen LogP contribution in [0.5, 0.6) is 0 Å². The van der Waals surface area contributed by atoms with Gasteiger partial charge in [0.15, 0.2) is 0 Å². The topological polar surface area (TPSA) is 49.8 Å². The Hall–Kier alpha value is -0.680. The van der Waals surface area contributed by atoms with Crippen LogP contribution >= 0.6 is 11.3 Å². The summed E-state index contributed by atoms with van der Waals surface area (Å²) < 4.78 is 0. The summed E-state index contributed by atoms with van der Waals surface area (Å²) in [5, 5.41) is 15.4. The molecule has 0 aliphatic carbocycles. The fourth-order valence-corrected chi connectivity index (χ4v) is 2.19. The smallest absolute Gasteiger partial charge is 0.205 e. The lowest BCUT2D eigenvalue weighted by Crippen LogP contribution is -2.39. The molecular weight excluding hydrogens is 196 g/mol. The molecule has 2 N–H and O–H groups in total. The molecule has 0 bridgehead atoms. The summed E-state index contributed by atoms with van der Waals surface area (Å²) in [5.41, 5.74) is 2.17. The number of hydrogen-bond donors (Lipinski definition) is 2. The first kappa shape index (κ1) is 9.86. The van der Waals surface area contributed by atoms with E-state index in [2.05, 4.69) is 27.8 Å². The van der Waals surface area contributed by atoms with E-state index in [4.69, 9.17) is 0 Å². The molecule has 2 rings (SSSR count). The van der Waals surface area contributed by atoms with Crippen molar-refractivity contribution in [3.05, 3.63) is 5.51 Å². The molecule has 0 spiro atoms. The van der Waals surface area contributed by atoms with Crippen molar-refractivity contribution in [2.24, 2.45) is 5.41 Å². The van der Waals surface area contributed by atoms with E-state index >= 15 is 0 Å². The van der Waals surface area contributed by atoms with Gasteiger partial charge in [-0.2, -0.15) is 0 Å². The number of anilines is 1. The fourth-order valence-electron chi connectivity index (χ4n) is 1.75. The average molecular weight is 212 g/mol. The van der Waals surface area contributed by atoms with Gasteiger partial charge in [0.05, 0.1) is 0 Å². The van der Waals surface area contributed by atoms with E-state index in [0.717, 1.165) is 24.8 Å². The molecular formula is C9H16N4S. The predicted octanol–water partition coefficient (Wildman–Crippen LogP) is 1.34. The van der Waals surface area contributed by atoms with Crippen molar-refractivity contribution in [2.75, 3.05) is 25.0 Å². The number of nitrogens with zero attached hydrogens (tertiary/aromatic N) is 2. The Morgan fingerprint density at radius 3 is 3.00 bits per heavy atom. The van der Waals surface area contributed by atoms with E-state index in [9.17, 15) is 0 Å². The monoisotopic (exact) mass is 212 g/mol. The third kappa shape index (κ3) is 2.42. The van der Waals surface area contributed by atoms with E-state index in [1.165, 1.54) is 12.8 Å². The quantitative estimate of drug-likeness (QED) is 0.794. The summed E-state index contributed by atoms with van der Waals surface area (Å²) >= 11 is 1.56. The number of nitrogens with one attached hydrogen (secondary N) is 2. The zero-order valence-corrected chi connectivity index (χ0v) is 9.23. The van der Waals surface area contributed by atoms with Gasteiger partial charge in [-0.1, -0.05) is 18.3 Å². The van der Waals surface area contributed by atoms with Gasteiger partial charge in [-0.25, -0.2) is 0 Å². The van der Waals surface area contributed by atoms with Gasteiger partial charge in [-0.05, 0) is 31.3 Å². The average Bonchev–Trinajstić information content (AvgIpc) is 2.69. The van der Waals surface area contributed by atoms with Crippen LogP contribution in [-0.4, -0.2) is 29.8 Å². The maximum absolute atomic E-state index is 3.97. The second kappa shape index (κ2) is 4.23. The maximum atomic E-state index is 3.97. The van der Waals surface area contributed by atoms with Crippen LogP contribution < -0.4 is 10.6 Å². The number of piperidine rings is 1. The van der Waals surface area contributed by atoms with Gasteiger partial charge in [0.1, 0.15) is 5.51 Å². The highest BCUT2D eigenvalue weighted by Gasteiger charge is 2.26. The molecule has 1 aliphatic rings. The van der Waals surface area contributed by atoms with Crippen LogP contribution in [0.15, 0.2) is 5.51 Å². The molecule has 0 unspecified atom stereocenters. The summed E-state index contributed by atoms with van der Waals surface area (Å²) in [7, 11) is 0. The predicted molar refractivity (Wildman–Crippen MR) is 58.6 cm³/mol. The van der Waals surface area contributed by atoms with Crippen molar-refractivity contribution < 1.29 is 0 Å². The first-order valence-electron chi connectivity index (χ1n) is 4.99. The normalized spacial score (nSPS) is 20.6. The lowest BCUT2D eigenvalue weighted by Gasteiger charge is -2.33. The van der Waals surface area contributed by atoms with Gasteiger partial charge >= 0.3 is 0 Å². The van der Waals surface area contributed by atoms with E-state index in [-0.39, 0.29) is 0 Å². The number of rotatable bonds is 3. The standard InChI is InChI=1S/C9H16N4S/c1-9(2-4-10-5-3-9)6-11-8-13-12-7-14-8/h7,10H,2-6H2,1H3,(H,11,13). The summed E-state index contributed by atoms with van der Waals surface area (Å²) in [6, 6.07) is 0. The molecule has 4 nitrogen and oxygen atoms in total. The molecule has 1 aliphatic heterocycles. The molecule has 14 heavy (non-hydrogen) atoms. The molecule has 1 saturated heterocycles. The molecule has 1 aromatic rings. The van der Waals surface area contributed by atoms with E-state index in [0.29, 0.717) is 5.41 Å². The van der Waals surface area contributed by atoms with Crippen molar-refractivity contribution in [2.45, 2.75) is 19.8 Å². The number of aromatic nitrogens is 2. The number of hydrogen-bond acceptors (Lipinski definition) is 5. The van der Waals surface area contributed by atoms with Crippen molar-refractivity contribution in [3.8, 4) is 0 Å². The first-order chi connectivity index (χ1) is 6.79. The lowest BCUT2D eigenvalue weighted by molar-refractivity contribution is 0.247. The Bertz CT molecular complexity index is 266. The Balaban J connectivity index is 1.84. The van der Waals surface area contributed by atoms with Gasteiger partial charge in [-0.3, -0.25) is 0 Å². The maximum Gasteiger partial charge on any atom is 0.205 e. The Morgan fingerprint density at radius 1 is 1.57 bits per heavy atom. The molecule has 0 atom stereocenters. The molecule has 0 radical (unpaired) electrons. The highest BCUT2D eigenvalue weighted by Crippen LogP contribution is 2.28. The van der Waals surface area contributed by atoms with E-state index in [1.54, 1.807) is 16.8 Å². The molecule has 1 aromatic heterocycles. The van der Waals surface area contributed by atoms with Gasteiger partial charge < -0.3 is 10.6 Å². The van der Waals surface area contributed by atoms with Gasteiger partial charge in [-0.15, -0.1) is 10.2 Å². The van der Waals surface area contributed by atoms with Crippen molar-refractivity contribution >= 4 is 16.5 Å². The summed E-state index contributed by atoms with van der Waals surface area (Å²) in [6.45, 7) is 5.61. The zero-order chi connectivity index (χ0) is 9.86. The minimum absolute atomic E-state index is 0.414. The van der Waals surface area contributed by atoms with Gasteiger partial charge in [0.25, 0.3) is 0 Å². The van der Waals surface area contributed by atoms with Crippen LogP contribution in [0.3, 0.4) is 0 Å². The van der Waals surface area contributed by atoms with Crippen LogP contribution in [0.2, 0.25) is 0 Å².